The van der Waals surface area contributed by atoms with Crippen LogP contribution >= 0.6 is 11.8 Å². The Kier molecular flexibility index (Phi) is 3.92. The van der Waals surface area contributed by atoms with E-state index < -0.39 is 0 Å². The quantitative estimate of drug-likeness (QED) is 0.646. The molecule has 1 fully saturated rings. The summed E-state index contributed by atoms with van der Waals surface area (Å²) < 4.78 is 0. The third kappa shape index (κ3) is 2.58. The summed E-state index contributed by atoms with van der Waals surface area (Å²) in [7, 11) is 0. The standard InChI is InChI=1S/C15H22N2S/c16-17-15(14-6-7-18-10-14)9-11-4-5-12-2-1-3-13(12)8-11/h4-5,8,14-15,17H,1-3,6-7,9-10,16H2. The van der Waals surface area contributed by atoms with Gasteiger partial charge in [-0.3, -0.25) is 11.3 Å². The molecule has 98 valence electrons. The van der Waals surface area contributed by atoms with Gasteiger partial charge in [0.1, 0.15) is 0 Å². The van der Waals surface area contributed by atoms with Crippen molar-refractivity contribution in [1.82, 2.24) is 5.43 Å². The highest BCUT2D eigenvalue weighted by molar-refractivity contribution is 7.99. The molecule has 3 heteroatoms. The molecule has 3 N–H and O–H groups in total. The highest BCUT2D eigenvalue weighted by Crippen LogP contribution is 2.29. The fraction of sp³-hybridized carbons (Fsp3) is 0.600. The Bertz CT molecular complexity index is 413. The first-order valence-corrected chi connectivity index (χ1v) is 8.17. The van der Waals surface area contributed by atoms with Crippen molar-refractivity contribution < 1.29 is 0 Å². The van der Waals surface area contributed by atoms with Gasteiger partial charge in [0.15, 0.2) is 0 Å². The molecule has 0 amide bonds. The van der Waals surface area contributed by atoms with Crippen molar-refractivity contribution in [2.75, 3.05) is 11.5 Å². The predicted octanol–water partition coefficient (Wildman–Crippen LogP) is 2.30. The molecule has 2 unspecified atom stereocenters. The summed E-state index contributed by atoms with van der Waals surface area (Å²) >= 11 is 2.06. The van der Waals surface area contributed by atoms with Crippen molar-refractivity contribution in [3.8, 4) is 0 Å². The van der Waals surface area contributed by atoms with Crippen LogP contribution in [0.3, 0.4) is 0 Å². The van der Waals surface area contributed by atoms with E-state index >= 15 is 0 Å². The number of hydrogen-bond donors (Lipinski definition) is 2. The molecule has 18 heavy (non-hydrogen) atoms. The number of nitrogens with two attached hydrogens (primary N) is 1. The first kappa shape index (κ1) is 12.5. The van der Waals surface area contributed by atoms with Crippen molar-refractivity contribution in [2.24, 2.45) is 11.8 Å². The maximum absolute atomic E-state index is 5.75. The highest BCUT2D eigenvalue weighted by atomic mass is 32.2. The molecule has 1 aliphatic heterocycles. The smallest absolute Gasteiger partial charge is 0.0287 e. The van der Waals surface area contributed by atoms with E-state index in [1.165, 1.54) is 42.8 Å². The Morgan fingerprint density at radius 1 is 1.33 bits per heavy atom. The van der Waals surface area contributed by atoms with Crippen molar-refractivity contribution in [1.29, 1.82) is 0 Å². The Morgan fingerprint density at radius 3 is 3.00 bits per heavy atom. The zero-order valence-corrected chi connectivity index (χ0v) is 11.6. The lowest BCUT2D eigenvalue weighted by molar-refractivity contribution is 0.386. The van der Waals surface area contributed by atoms with Gasteiger partial charge >= 0.3 is 0 Å². The van der Waals surface area contributed by atoms with E-state index in [2.05, 4.69) is 35.4 Å². The fourth-order valence-corrected chi connectivity index (χ4v) is 4.58. The third-order valence-corrected chi connectivity index (χ3v) is 5.55. The maximum atomic E-state index is 5.75. The Hall–Kier alpha value is -0.510. The van der Waals surface area contributed by atoms with Gasteiger partial charge < -0.3 is 0 Å². The molecule has 2 nitrogen and oxygen atoms in total. The predicted molar refractivity (Wildman–Crippen MR) is 78.7 cm³/mol. The van der Waals surface area contributed by atoms with E-state index in [0.29, 0.717) is 6.04 Å². The molecule has 1 aliphatic carbocycles. The number of nitrogens with one attached hydrogen (secondary N) is 1. The molecule has 3 rings (SSSR count). The Balaban J connectivity index is 1.70. The zero-order valence-electron chi connectivity index (χ0n) is 10.8. The van der Waals surface area contributed by atoms with Gasteiger partial charge in [-0.1, -0.05) is 18.2 Å². The van der Waals surface area contributed by atoms with Crippen molar-refractivity contribution in [3.05, 3.63) is 34.9 Å². The highest BCUT2D eigenvalue weighted by Gasteiger charge is 2.25. The minimum atomic E-state index is 0.444. The van der Waals surface area contributed by atoms with Crippen LogP contribution in [0.5, 0.6) is 0 Å². The summed E-state index contributed by atoms with van der Waals surface area (Å²) in [4.78, 5) is 0. The van der Waals surface area contributed by atoms with Crippen LogP contribution in [0.15, 0.2) is 18.2 Å². The molecule has 1 aromatic rings. The molecule has 1 heterocycles. The second-order valence-electron chi connectivity index (χ2n) is 5.56. The summed E-state index contributed by atoms with van der Waals surface area (Å²) in [6.07, 6.45) is 6.26. The van der Waals surface area contributed by atoms with E-state index in [1.807, 2.05) is 0 Å². The lowest BCUT2D eigenvalue weighted by Gasteiger charge is -2.22. The van der Waals surface area contributed by atoms with E-state index in [9.17, 15) is 0 Å². The molecule has 1 aromatic carbocycles. The van der Waals surface area contributed by atoms with Crippen molar-refractivity contribution in [3.63, 3.8) is 0 Å². The number of rotatable bonds is 4. The molecule has 0 bridgehead atoms. The van der Waals surface area contributed by atoms with Gasteiger partial charge in [-0.15, -0.1) is 0 Å². The summed E-state index contributed by atoms with van der Waals surface area (Å²) in [5, 5.41) is 0. The monoisotopic (exact) mass is 262 g/mol. The van der Waals surface area contributed by atoms with Crippen LogP contribution < -0.4 is 11.3 Å². The number of aryl methyl sites for hydroxylation is 2. The van der Waals surface area contributed by atoms with Crippen molar-refractivity contribution >= 4 is 11.8 Å². The number of benzene rings is 1. The largest absolute Gasteiger partial charge is 0.271 e. The minimum absolute atomic E-state index is 0.444. The average molecular weight is 262 g/mol. The van der Waals surface area contributed by atoms with Crippen LogP contribution in [-0.2, 0) is 19.3 Å². The first-order valence-electron chi connectivity index (χ1n) is 7.01. The van der Waals surface area contributed by atoms with Gasteiger partial charge in [0.2, 0.25) is 0 Å². The Morgan fingerprint density at radius 2 is 2.22 bits per heavy atom. The van der Waals surface area contributed by atoms with Crippen LogP contribution in [0.1, 0.15) is 29.5 Å². The van der Waals surface area contributed by atoms with Gasteiger partial charge in [-0.05, 0) is 66.2 Å². The SMILES string of the molecule is NNC(Cc1ccc2c(c1)CCC2)C1CCSC1. The van der Waals surface area contributed by atoms with E-state index in [0.717, 1.165) is 12.3 Å². The second-order valence-corrected chi connectivity index (χ2v) is 6.71. The first-order chi connectivity index (χ1) is 8.86. The summed E-state index contributed by atoms with van der Waals surface area (Å²) in [5.41, 5.74) is 7.64. The molecule has 0 saturated carbocycles. The molecule has 0 aromatic heterocycles. The lowest BCUT2D eigenvalue weighted by Crippen LogP contribution is -2.42. The summed E-state index contributed by atoms with van der Waals surface area (Å²) in [6, 6.07) is 7.49. The number of fused-ring (bicyclic) bond motifs is 1. The van der Waals surface area contributed by atoms with Crippen LogP contribution in [0.2, 0.25) is 0 Å². The topological polar surface area (TPSA) is 38.0 Å². The molecule has 2 aliphatic rings. The summed E-state index contributed by atoms with van der Waals surface area (Å²) in [6.45, 7) is 0. The maximum Gasteiger partial charge on any atom is 0.0287 e. The number of hydrogen-bond acceptors (Lipinski definition) is 3. The number of hydrazine groups is 1. The molecule has 1 saturated heterocycles. The fourth-order valence-electron chi connectivity index (χ4n) is 3.24. The molecule has 0 radical (unpaired) electrons. The van der Waals surface area contributed by atoms with Crippen LogP contribution in [0.25, 0.3) is 0 Å². The Labute approximate surface area is 114 Å². The van der Waals surface area contributed by atoms with Crippen LogP contribution in [0, 0.1) is 5.92 Å². The van der Waals surface area contributed by atoms with Gasteiger partial charge in [-0.2, -0.15) is 11.8 Å². The molecular formula is C15H22N2S. The minimum Gasteiger partial charge on any atom is -0.271 e. The van der Waals surface area contributed by atoms with Gasteiger partial charge in [0, 0.05) is 6.04 Å². The molecular weight excluding hydrogens is 240 g/mol. The van der Waals surface area contributed by atoms with E-state index in [4.69, 9.17) is 5.84 Å². The van der Waals surface area contributed by atoms with Gasteiger partial charge in [-0.25, -0.2) is 0 Å². The second kappa shape index (κ2) is 5.64. The van der Waals surface area contributed by atoms with Crippen LogP contribution in [-0.4, -0.2) is 17.5 Å². The third-order valence-electron chi connectivity index (χ3n) is 4.37. The normalized spacial score (nSPS) is 24.2. The molecule has 2 atom stereocenters. The molecule has 0 spiro atoms. The van der Waals surface area contributed by atoms with Crippen LogP contribution in [0.4, 0.5) is 0 Å². The van der Waals surface area contributed by atoms with E-state index in [1.54, 1.807) is 11.1 Å². The van der Waals surface area contributed by atoms with Crippen molar-refractivity contribution in [2.45, 2.75) is 38.1 Å². The van der Waals surface area contributed by atoms with Gasteiger partial charge in [0.05, 0.1) is 0 Å². The lowest BCUT2D eigenvalue weighted by atomic mass is 9.92. The summed E-state index contributed by atoms with van der Waals surface area (Å²) in [5.74, 6) is 9.06. The van der Waals surface area contributed by atoms with Gasteiger partial charge in [0.25, 0.3) is 0 Å². The average Bonchev–Trinajstić information content (AvgIpc) is 3.06. The number of thioether (sulfide) groups is 1. The zero-order chi connectivity index (χ0) is 12.4. The van der Waals surface area contributed by atoms with E-state index in [-0.39, 0.29) is 0 Å².